The van der Waals surface area contributed by atoms with E-state index < -0.39 is 0 Å². The van der Waals surface area contributed by atoms with Crippen molar-refractivity contribution in [2.45, 2.75) is 39.2 Å². The van der Waals surface area contributed by atoms with E-state index in [1.807, 2.05) is 45.0 Å². The molecule has 1 fully saturated rings. The number of amides is 1. The van der Waals surface area contributed by atoms with Gasteiger partial charge in [-0.25, -0.2) is 0 Å². The van der Waals surface area contributed by atoms with Gasteiger partial charge in [-0.3, -0.25) is 4.79 Å². The molecular weight excluding hydrogens is 302 g/mol. The summed E-state index contributed by atoms with van der Waals surface area (Å²) in [7, 11) is 0. The first-order chi connectivity index (χ1) is 11.4. The van der Waals surface area contributed by atoms with Gasteiger partial charge < -0.3 is 20.7 Å². The van der Waals surface area contributed by atoms with Crippen molar-refractivity contribution in [3.05, 3.63) is 29.8 Å². The molecular formula is C19H31N3O2. The largest absolute Gasteiger partial charge is 0.488 e. The Hall–Kier alpha value is -1.59. The first kappa shape index (κ1) is 18.7. The lowest BCUT2D eigenvalue weighted by atomic mass is 9.96. The summed E-state index contributed by atoms with van der Waals surface area (Å²) in [5, 5.41) is 3.07. The fourth-order valence-corrected chi connectivity index (χ4v) is 2.99. The Balaban J connectivity index is 1.82. The molecule has 24 heavy (non-hydrogen) atoms. The Labute approximate surface area is 145 Å². The number of rotatable bonds is 6. The average Bonchev–Trinajstić information content (AvgIpc) is 2.53. The number of ether oxygens (including phenoxy) is 1. The zero-order chi connectivity index (χ0) is 17.6. The van der Waals surface area contributed by atoms with E-state index >= 15 is 0 Å². The highest BCUT2D eigenvalue weighted by Gasteiger charge is 2.19. The van der Waals surface area contributed by atoms with E-state index in [0.29, 0.717) is 18.0 Å². The van der Waals surface area contributed by atoms with E-state index in [2.05, 4.69) is 10.2 Å². The van der Waals surface area contributed by atoms with Crippen LogP contribution < -0.4 is 15.8 Å². The normalized spacial score (nSPS) is 16.8. The van der Waals surface area contributed by atoms with Crippen molar-refractivity contribution < 1.29 is 9.53 Å². The Morgan fingerprint density at radius 1 is 1.33 bits per heavy atom. The standard InChI is InChI=1S/C19H31N3O2/c1-19(2,3)24-17-6-4-5-16(13-17)18(23)21-14-15-7-10-22(11-8-15)12-9-20/h4-6,13,15H,7-12,14,20H2,1-3H3,(H,21,23). The SMILES string of the molecule is CC(C)(C)Oc1cccc(C(=O)NCC2CCN(CCN)CC2)c1. The van der Waals surface area contributed by atoms with Gasteiger partial charge in [0.25, 0.3) is 5.91 Å². The quantitative estimate of drug-likeness (QED) is 0.838. The van der Waals surface area contributed by atoms with Crippen LogP contribution in [-0.2, 0) is 0 Å². The molecule has 0 aliphatic carbocycles. The number of hydrogen-bond donors (Lipinski definition) is 2. The van der Waals surface area contributed by atoms with Crippen LogP contribution in [0.2, 0.25) is 0 Å². The summed E-state index contributed by atoms with van der Waals surface area (Å²) in [6.45, 7) is 10.6. The van der Waals surface area contributed by atoms with Crippen LogP contribution in [0.4, 0.5) is 0 Å². The number of carbonyl (C=O) groups excluding carboxylic acids is 1. The van der Waals surface area contributed by atoms with Crippen LogP contribution >= 0.6 is 0 Å². The summed E-state index contributed by atoms with van der Waals surface area (Å²) in [5.74, 6) is 1.25. The topological polar surface area (TPSA) is 67.6 Å². The van der Waals surface area contributed by atoms with Crippen LogP contribution in [0.1, 0.15) is 44.0 Å². The van der Waals surface area contributed by atoms with E-state index in [1.165, 1.54) is 0 Å². The van der Waals surface area contributed by atoms with Crippen molar-refractivity contribution in [3.8, 4) is 5.75 Å². The lowest BCUT2D eigenvalue weighted by Gasteiger charge is -2.31. The average molecular weight is 333 g/mol. The predicted octanol–water partition coefficient (Wildman–Crippen LogP) is 2.26. The number of likely N-dealkylation sites (tertiary alicyclic amines) is 1. The van der Waals surface area contributed by atoms with Crippen molar-refractivity contribution in [1.29, 1.82) is 0 Å². The molecule has 2 rings (SSSR count). The summed E-state index contributed by atoms with van der Waals surface area (Å²) in [5.41, 5.74) is 5.98. The van der Waals surface area contributed by atoms with Crippen LogP contribution in [0.3, 0.4) is 0 Å². The molecule has 1 aromatic carbocycles. The summed E-state index contributed by atoms with van der Waals surface area (Å²) in [6.07, 6.45) is 2.24. The Morgan fingerprint density at radius 3 is 2.67 bits per heavy atom. The molecule has 1 aliphatic rings. The van der Waals surface area contributed by atoms with Crippen LogP contribution in [0.5, 0.6) is 5.75 Å². The van der Waals surface area contributed by atoms with Crippen LogP contribution in [0.25, 0.3) is 0 Å². The maximum absolute atomic E-state index is 12.4. The molecule has 0 saturated carbocycles. The fraction of sp³-hybridized carbons (Fsp3) is 0.632. The second-order valence-electron chi connectivity index (χ2n) is 7.53. The van der Waals surface area contributed by atoms with Crippen molar-refractivity contribution in [2.75, 3.05) is 32.7 Å². The van der Waals surface area contributed by atoms with Gasteiger partial charge >= 0.3 is 0 Å². The molecule has 1 heterocycles. The minimum Gasteiger partial charge on any atom is -0.488 e. The zero-order valence-corrected chi connectivity index (χ0v) is 15.2. The Bertz CT molecular complexity index is 532. The molecule has 1 aromatic rings. The third-order valence-corrected chi connectivity index (χ3v) is 4.22. The van der Waals surface area contributed by atoms with Gasteiger partial charge in [-0.05, 0) is 70.8 Å². The predicted molar refractivity (Wildman–Crippen MR) is 97.4 cm³/mol. The highest BCUT2D eigenvalue weighted by Crippen LogP contribution is 2.20. The molecule has 0 radical (unpaired) electrons. The van der Waals surface area contributed by atoms with Crippen molar-refractivity contribution in [3.63, 3.8) is 0 Å². The smallest absolute Gasteiger partial charge is 0.251 e. The maximum Gasteiger partial charge on any atom is 0.251 e. The van der Waals surface area contributed by atoms with Gasteiger partial charge in [0.15, 0.2) is 0 Å². The minimum absolute atomic E-state index is 0.0289. The number of nitrogens with zero attached hydrogens (tertiary/aromatic N) is 1. The molecule has 134 valence electrons. The summed E-state index contributed by atoms with van der Waals surface area (Å²) in [6, 6.07) is 7.38. The van der Waals surface area contributed by atoms with Gasteiger partial charge in [0, 0.05) is 25.2 Å². The number of benzene rings is 1. The summed E-state index contributed by atoms with van der Waals surface area (Å²) >= 11 is 0. The first-order valence-electron chi connectivity index (χ1n) is 8.87. The number of hydrogen-bond acceptors (Lipinski definition) is 4. The molecule has 0 bridgehead atoms. The van der Waals surface area contributed by atoms with Gasteiger partial charge in [-0.2, -0.15) is 0 Å². The zero-order valence-electron chi connectivity index (χ0n) is 15.2. The van der Waals surface area contributed by atoms with E-state index in [9.17, 15) is 4.79 Å². The number of nitrogens with two attached hydrogens (primary N) is 1. The Kier molecular flexibility index (Phi) is 6.63. The van der Waals surface area contributed by atoms with Crippen LogP contribution in [0, 0.1) is 5.92 Å². The van der Waals surface area contributed by atoms with Gasteiger partial charge in [-0.1, -0.05) is 6.07 Å². The van der Waals surface area contributed by atoms with E-state index in [1.54, 1.807) is 0 Å². The van der Waals surface area contributed by atoms with Gasteiger partial charge in [0.1, 0.15) is 11.4 Å². The lowest BCUT2D eigenvalue weighted by Crippen LogP contribution is -2.40. The highest BCUT2D eigenvalue weighted by molar-refractivity contribution is 5.94. The maximum atomic E-state index is 12.4. The van der Waals surface area contributed by atoms with E-state index in [-0.39, 0.29) is 11.5 Å². The van der Waals surface area contributed by atoms with Gasteiger partial charge in [0.2, 0.25) is 0 Å². The van der Waals surface area contributed by atoms with E-state index in [4.69, 9.17) is 10.5 Å². The van der Waals surface area contributed by atoms with Crippen LogP contribution in [-0.4, -0.2) is 49.1 Å². The highest BCUT2D eigenvalue weighted by atomic mass is 16.5. The third-order valence-electron chi connectivity index (χ3n) is 4.22. The third kappa shape index (κ3) is 6.13. The second kappa shape index (κ2) is 8.49. The van der Waals surface area contributed by atoms with E-state index in [0.717, 1.165) is 44.8 Å². The molecule has 1 aliphatic heterocycles. The monoisotopic (exact) mass is 333 g/mol. The summed E-state index contributed by atoms with van der Waals surface area (Å²) in [4.78, 5) is 14.8. The number of nitrogens with one attached hydrogen (secondary N) is 1. The van der Waals surface area contributed by atoms with Crippen molar-refractivity contribution >= 4 is 5.91 Å². The van der Waals surface area contributed by atoms with Gasteiger partial charge in [-0.15, -0.1) is 0 Å². The molecule has 0 spiro atoms. The number of carbonyl (C=O) groups is 1. The van der Waals surface area contributed by atoms with Crippen molar-refractivity contribution in [2.24, 2.45) is 11.7 Å². The number of piperidine rings is 1. The minimum atomic E-state index is -0.271. The molecule has 0 aromatic heterocycles. The second-order valence-corrected chi connectivity index (χ2v) is 7.53. The molecule has 1 amide bonds. The molecule has 1 saturated heterocycles. The summed E-state index contributed by atoms with van der Waals surface area (Å²) < 4.78 is 5.83. The van der Waals surface area contributed by atoms with Crippen molar-refractivity contribution in [1.82, 2.24) is 10.2 Å². The fourth-order valence-electron chi connectivity index (χ4n) is 2.99. The molecule has 0 atom stereocenters. The lowest BCUT2D eigenvalue weighted by molar-refractivity contribution is 0.0933. The molecule has 0 unspecified atom stereocenters. The molecule has 5 nitrogen and oxygen atoms in total. The molecule has 3 N–H and O–H groups in total. The molecule has 5 heteroatoms. The van der Waals surface area contributed by atoms with Gasteiger partial charge in [0.05, 0.1) is 0 Å². The first-order valence-corrected chi connectivity index (χ1v) is 8.87. The Morgan fingerprint density at radius 2 is 2.04 bits per heavy atom. The van der Waals surface area contributed by atoms with Crippen LogP contribution in [0.15, 0.2) is 24.3 Å².